The van der Waals surface area contributed by atoms with Crippen LogP contribution in [0.5, 0.6) is 11.5 Å². The van der Waals surface area contributed by atoms with Crippen LogP contribution in [0, 0.1) is 11.3 Å². The highest BCUT2D eigenvalue weighted by Gasteiger charge is 2.29. The number of nitriles is 1. The highest BCUT2D eigenvalue weighted by molar-refractivity contribution is 7.89. The molecule has 146 valence electrons. The third-order valence-corrected chi connectivity index (χ3v) is 6.84. The van der Waals surface area contributed by atoms with Crippen LogP contribution in [0.3, 0.4) is 0 Å². The van der Waals surface area contributed by atoms with Crippen molar-refractivity contribution in [2.24, 2.45) is 0 Å². The molecule has 4 rings (SSSR count). The van der Waals surface area contributed by atoms with Gasteiger partial charge in [0.1, 0.15) is 13.2 Å². The van der Waals surface area contributed by atoms with Crippen LogP contribution in [0.15, 0.2) is 47.4 Å². The normalized spacial score (nSPS) is 17.8. The molecule has 0 unspecified atom stereocenters. The summed E-state index contributed by atoms with van der Waals surface area (Å²) in [6.45, 7) is 3.72. The van der Waals surface area contributed by atoms with Crippen LogP contribution >= 0.6 is 0 Å². The summed E-state index contributed by atoms with van der Waals surface area (Å²) < 4.78 is 38.5. The zero-order chi connectivity index (χ0) is 19.6. The molecule has 8 heteroatoms. The fourth-order valence-electron chi connectivity index (χ4n) is 3.46. The SMILES string of the molecule is N#Cc1cccc(CN2CCN(S(=O)(=O)c3ccc4c(c3)OCCO4)CC2)c1. The van der Waals surface area contributed by atoms with E-state index in [9.17, 15) is 8.42 Å². The maximum absolute atomic E-state index is 13.0. The van der Waals surface area contributed by atoms with Crippen molar-refractivity contribution < 1.29 is 17.9 Å². The van der Waals surface area contributed by atoms with Gasteiger partial charge in [-0.15, -0.1) is 0 Å². The first kappa shape index (κ1) is 18.7. The van der Waals surface area contributed by atoms with Crippen LogP contribution in [0.2, 0.25) is 0 Å². The Morgan fingerprint density at radius 2 is 1.71 bits per heavy atom. The first-order chi connectivity index (χ1) is 13.6. The van der Waals surface area contributed by atoms with E-state index in [0.717, 1.165) is 5.56 Å². The summed E-state index contributed by atoms with van der Waals surface area (Å²) in [6, 6.07) is 14.4. The Hall–Kier alpha value is -2.60. The smallest absolute Gasteiger partial charge is 0.243 e. The van der Waals surface area contributed by atoms with Crippen LogP contribution in [-0.4, -0.2) is 57.0 Å². The van der Waals surface area contributed by atoms with Gasteiger partial charge in [-0.05, 0) is 29.8 Å². The fourth-order valence-corrected chi connectivity index (χ4v) is 4.90. The fraction of sp³-hybridized carbons (Fsp3) is 0.350. The van der Waals surface area contributed by atoms with Crippen LogP contribution in [0.4, 0.5) is 0 Å². The molecule has 7 nitrogen and oxygen atoms in total. The van der Waals surface area contributed by atoms with Gasteiger partial charge < -0.3 is 9.47 Å². The van der Waals surface area contributed by atoms with Gasteiger partial charge in [0.25, 0.3) is 0 Å². The van der Waals surface area contributed by atoms with E-state index < -0.39 is 10.0 Å². The van der Waals surface area contributed by atoms with Crippen molar-refractivity contribution in [1.82, 2.24) is 9.21 Å². The molecule has 2 aromatic carbocycles. The number of nitrogens with zero attached hydrogens (tertiary/aromatic N) is 3. The molecule has 2 aromatic rings. The Bertz CT molecular complexity index is 1010. The lowest BCUT2D eigenvalue weighted by atomic mass is 10.1. The molecule has 0 aromatic heterocycles. The van der Waals surface area contributed by atoms with Gasteiger partial charge in [0.15, 0.2) is 11.5 Å². The van der Waals surface area contributed by atoms with E-state index in [1.807, 2.05) is 18.2 Å². The summed E-state index contributed by atoms with van der Waals surface area (Å²) in [7, 11) is -3.57. The Morgan fingerprint density at radius 3 is 2.46 bits per heavy atom. The molecule has 0 N–H and O–H groups in total. The largest absolute Gasteiger partial charge is 0.486 e. The standard InChI is InChI=1S/C20H21N3O4S/c21-14-16-2-1-3-17(12-16)15-22-6-8-23(9-7-22)28(24,25)18-4-5-19-20(13-18)27-11-10-26-19/h1-5,12-13H,6-11,15H2. The van der Waals surface area contributed by atoms with Crippen LogP contribution < -0.4 is 9.47 Å². The second-order valence-electron chi connectivity index (χ2n) is 6.80. The summed E-state index contributed by atoms with van der Waals surface area (Å²) in [4.78, 5) is 2.43. The maximum atomic E-state index is 13.0. The zero-order valence-corrected chi connectivity index (χ0v) is 16.2. The molecule has 0 aliphatic carbocycles. The topological polar surface area (TPSA) is 82.9 Å². The summed E-state index contributed by atoms with van der Waals surface area (Å²) >= 11 is 0. The molecular weight excluding hydrogens is 378 g/mol. The number of piperazine rings is 1. The van der Waals surface area contributed by atoms with Gasteiger partial charge >= 0.3 is 0 Å². The molecule has 2 heterocycles. The quantitative estimate of drug-likeness (QED) is 0.780. The summed E-state index contributed by atoms with van der Waals surface area (Å²) in [5.41, 5.74) is 1.69. The Balaban J connectivity index is 1.42. The molecule has 0 saturated carbocycles. The van der Waals surface area contributed by atoms with Crippen molar-refractivity contribution in [1.29, 1.82) is 5.26 Å². The number of fused-ring (bicyclic) bond motifs is 1. The molecule has 2 aliphatic rings. The molecule has 0 bridgehead atoms. The lowest BCUT2D eigenvalue weighted by Gasteiger charge is -2.34. The van der Waals surface area contributed by atoms with Crippen molar-refractivity contribution in [3.8, 4) is 17.6 Å². The van der Waals surface area contributed by atoms with Crippen molar-refractivity contribution >= 4 is 10.0 Å². The average Bonchev–Trinajstić information content (AvgIpc) is 2.74. The number of ether oxygens (including phenoxy) is 2. The number of rotatable bonds is 4. The van der Waals surface area contributed by atoms with E-state index >= 15 is 0 Å². The van der Waals surface area contributed by atoms with Crippen LogP contribution in [-0.2, 0) is 16.6 Å². The van der Waals surface area contributed by atoms with Crippen molar-refractivity contribution in [2.45, 2.75) is 11.4 Å². The Labute approximate surface area is 164 Å². The van der Waals surface area contributed by atoms with Gasteiger partial charge in [-0.3, -0.25) is 4.90 Å². The van der Waals surface area contributed by atoms with Gasteiger partial charge in [0, 0.05) is 38.8 Å². The summed E-state index contributed by atoms with van der Waals surface area (Å²) in [5.74, 6) is 1.05. The molecule has 0 atom stereocenters. The highest BCUT2D eigenvalue weighted by atomic mass is 32.2. The van der Waals surface area contributed by atoms with Crippen molar-refractivity contribution in [3.05, 3.63) is 53.6 Å². The predicted octanol–water partition coefficient (Wildman–Crippen LogP) is 1.84. The van der Waals surface area contributed by atoms with E-state index in [1.165, 1.54) is 4.31 Å². The summed E-state index contributed by atoms with van der Waals surface area (Å²) in [6.07, 6.45) is 0. The third-order valence-electron chi connectivity index (χ3n) is 4.94. The molecule has 28 heavy (non-hydrogen) atoms. The number of sulfonamides is 1. The first-order valence-corrected chi connectivity index (χ1v) is 10.6. The molecule has 0 radical (unpaired) electrons. The lowest BCUT2D eigenvalue weighted by Crippen LogP contribution is -2.48. The van der Waals surface area contributed by atoms with Crippen molar-refractivity contribution in [2.75, 3.05) is 39.4 Å². The van der Waals surface area contributed by atoms with Gasteiger partial charge in [-0.2, -0.15) is 9.57 Å². The van der Waals surface area contributed by atoms with E-state index in [0.29, 0.717) is 63.0 Å². The maximum Gasteiger partial charge on any atom is 0.243 e. The monoisotopic (exact) mass is 399 g/mol. The number of benzene rings is 2. The average molecular weight is 399 g/mol. The molecule has 2 aliphatic heterocycles. The summed E-state index contributed by atoms with van der Waals surface area (Å²) in [5, 5.41) is 9.02. The van der Waals surface area contributed by atoms with Gasteiger partial charge in [0.05, 0.1) is 16.5 Å². The molecule has 1 saturated heterocycles. The van der Waals surface area contributed by atoms with E-state index in [1.54, 1.807) is 24.3 Å². The second kappa shape index (κ2) is 7.80. The van der Waals surface area contributed by atoms with E-state index in [4.69, 9.17) is 14.7 Å². The molecule has 0 spiro atoms. The minimum absolute atomic E-state index is 0.229. The van der Waals surface area contributed by atoms with Crippen LogP contribution in [0.25, 0.3) is 0 Å². The Morgan fingerprint density at radius 1 is 0.964 bits per heavy atom. The lowest BCUT2D eigenvalue weighted by molar-refractivity contribution is 0.170. The van der Waals surface area contributed by atoms with Gasteiger partial charge in [0.2, 0.25) is 10.0 Å². The highest BCUT2D eigenvalue weighted by Crippen LogP contribution is 2.33. The van der Waals surface area contributed by atoms with Crippen LogP contribution in [0.1, 0.15) is 11.1 Å². The predicted molar refractivity (Wildman–Crippen MR) is 103 cm³/mol. The molecule has 1 fully saturated rings. The van der Waals surface area contributed by atoms with Crippen molar-refractivity contribution in [3.63, 3.8) is 0 Å². The van der Waals surface area contributed by atoms with Gasteiger partial charge in [-0.1, -0.05) is 12.1 Å². The number of hydrogen-bond acceptors (Lipinski definition) is 6. The minimum atomic E-state index is -3.57. The minimum Gasteiger partial charge on any atom is -0.486 e. The van der Waals surface area contributed by atoms with E-state index in [-0.39, 0.29) is 4.90 Å². The van der Waals surface area contributed by atoms with E-state index in [2.05, 4.69) is 11.0 Å². The second-order valence-corrected chi connectivity index (χ2v) is 8.74. The molecule has 0 amide bonds. The third kappa shape index (κ3) is 3.83. The van der Waals surface area contributed by atoms with Gasteiger partial charge in [-0.25, -0.2) is 8.42 Å². The molecular formula is C20H21N3O4S. The zero-order valence-electron chi connectivity index (χ0n) is 15.4. The Kier molecular flexibility index (Phi) is 5.22. The first-order valence-electron chi connectivity index (χ1n) is 9.17. The number of hydrogen-bond donors (Lipinski definition) is 0.